The third-order valence-corrected chi connectivity index (χ3v) is 5.02. The Hall–Kier alpha value is -1.82. The van der Waals surface area contributed by atoms with Crippen molar-refractivity contribution in [2.24, 2.45) is 0 Å². The van der Waals surface area contributed by atoms with Crippen LogP contribution in [0.5, 0.6) is 0 Å². The number of benzene rings is 2. The summed E-state index contributed by atoms with van der Waals surface area (Å²) < 4.78 is 7.36. The number of hydrogen-bond acceptors (Lipinski definition) is 4. The standard InChI is InChI=1S/C19H20ClN3OS/c1-24-13-12-23-18(16-7-9-17(20)10-8-16)21-22-19(23)25-14-11-15-5-3-2-4-6-15/h2-10H,11-14H2,1H3. The molecule has 6 heteroatoms. The SMILES string of the molecule is COCCn1c(SCCc2ccccc2)nnc1-c1ccc(Cl)cc1. The summed E-state index contributed by atoms with van der Waals surface area (Å²) in [6, 6.07) is 18.1. The fourth-order valence-electron chi connectivity index (χ4n) is 2.50. The molecule has 0 aliphatic rings. The maximum atomic E-state index is 5.99. The molecule has 1 aromatic heterocycles. The molecule has 0 unspecified atom stereocenters. The van der Waals surface area contributed by atoms with Crippen molar-refractivity contribution < 1.29 is 4.74 Å². The van der Waals surface area contributed by atoms with Gasteiger partial charge in [-0.25, -0.2) is 0 Å². The summed E-state index contributed by atoms with van der Waals surface area (Å²) in [5.74, 6) is 1.80. The van der Waals surface area contributed by atoms with Gasteiger partial charge in [-0.2, -0.15) is 0 Å². The van der Waals surface area contributed by atoms with Crippen LogP contribution in [0, 0.1) is 0 Å². The zero-order valence-corrected chi connectivity index (χ0v) is 15.6. The molecule has 25 heavy (non-hydrogen) atoms. The summed E-state index contributed by atoms with van der Waals surface area (Å²) in [5.41, 5.74) is 2.33. The van der Waals surface area contributed by atoms with Crippen LogP contribution in [0.3, 0.4) is 0 Å². The number of aromatic nitrogens is 3. The van der Waals surface area contributed by atoms with E-state index >= 15 is 0 Å². The Morgan fingerprint density at radius 2 is 1.80 bits per heavy atom. The first kappa shape index (κ1) is 18.0. The topological polar surface area (TPSA) is 39.9 Å². The second-order valence-corrected chi connectivity index (χ2v) is 7.04. The normalized spacial score (nSPS) is 11.0. The molecule has 0 radical (unpaired) electrons. The van der Waals surface area contributed by atoms with Gasteiger partial charge in [0.25, 0.3) is 0 Å². The number of nitrogens with zero attached hydrogens (tertiary/aromatic N) is 3. The fourth-order valence-corrected chi connectivity index (χ4v) is 3.58. The van der Waals surface area contributed by atoms with Gasteiger partial charge in [0.15, 0.2) is 11.0 Å². The molecule has 0 spiro atoms. The molecule has 3 rings (SSSR count). The van der Waals surface area contributed by atoms with Gasteiger partial charge >= 0.3 is 0 Å². The maximum absolute atomic E-state index is 5.99. The Morgan fingerprint density at radius 3 is 2.52 bits per heavy atom. The molecule has 0 aliphatic heterocycles. The molecule has 1 heterocycles. The smallest absolute Gasteiger partial charge is 0.191 e. The van der Waals surface area contributed by atoms with Gasteiger partial charge in [-0.3, -0.25) is 4.57 Å². The fraction of sp³-hybridized carbons (Fsp3) is 0.263. The molecule has 0 aliphatic carbocycles. The third-order valence-electron chi connectivity index (χ3n) is 3.80. The van der Waals surface area contributed by atoms with E-state index in [1.165, 1.54) is 5.56 Å². The van der Waals surface area contributed by atoms with Crippen LogP contribution in [0.1, 0.15) is 5.56 Å². The Morgan fingerprint density at radius 1 is 1.04 bits per heavy atom. The summed E-state index contributed by atoms with van der Waals surface area (Å²) in [4.78, 5) is 0. The lowest BCUT2D eigenvalue weighted by Gasteiger charge is -2.10. The van der Waals surface area contributed by atoms with Crippen molar-refractivity contribution in [1.82, 2.24) is 14.8 Å². The molecule has 0 amide bonds. The molecule has 0 atom stereocenters. The van der Waals surface area contributed by atoms with E-state index in [2.05, 4.69) is 39.0 Å². The van der Waals surface area contributed by atoms with Gasteiger partial charge < -0.3 is 4.74 Å². The second kappa shape index (κ2) is 9.04. The van der Waals surface area contributed by atoms with Crippen molar-refractivity contribution in [3.63, 3.8) is 0 Å². The van der Waals surface area contributed by atoms with E-state index in [0.717, 1.165) is 35.3 Å². The van der Waals surface area contributed by atoms with Gasteiger partial charge in [-0.1, -0.05) is 53.7 Å². The minimum absolute atomic E-state index is 0.616. The first-order valence-electron chi connectivity index (χ1n) is 8.12. The molecule has 0 bridgehead atoms. The van der Waals surface area contributed by atoms with E-state index < -0.39 is 0 Å². The molecular formula is C19H20ClN3OS. The van der Waals surface area contributed by atoms with Crippen molar-refractivity contribution in [2.75, 3.05) is 19.5 Å². The molecule has 0 saturated carbocycles. The van der Waals surface area contributed by atoms with Crippen molar-refractivity contribution in [1.29, 1.82) is 0 Å². The number of rotatable bonds is 8. The Labute approximate surface area is 157 Å². The molecule has 0 saturated heterocycles. The Kier molecular flexibility index (Phi) is 6.50. The number of aryl methyl sites for hydroxylation is 1. The molecule has 0 N–H and O–H groups in total. The quantitative estimate of drug-likeness (QED) is 0.542. The van der Waals surface area contributed by atoms with E-state index in [-0.39, 0.29) is 0 Å². The van der Waals surface area contributed by atoms with Crippen molar-refractivity contribution >= 4 is 23.4 Å². The van der Waals surface area contributed by atoms with Crippen LogP contribution in [0.15, 0.2) is 59.8 Å². The van der Waals surface area contributed by atoms with E-state index in [9.17, 15) is 0 Å². The average Bonchev–Trinajstić information content (AvgIpc) is 3.04. The highest BCUT2D eigenvalue weighted by Gasteiger charge is 2.14. The average molecular weight is 374 g/mol. The highest BCUT2D eigenvalue weighted by atomic mass is 35.5. The Balaban J connectivity index is 1.75. The second-order valence-electron chi connectivity index (χ2n) is 5.54. The summed E-state index contributed by atoms with van der Waals surface area (Å²) in [5, 5.41) is 10.4. The lowest BCUT2D eigenvalue weighted by Crippen LogP contribution is -2.08. The minimum atomic E-state index is 0.616. The summed E-state index contributed by atoms with van der Waals surface area (Å²) in [7, 11) is 1.70. The number of halogens is 1. The zero-order chi connectivity index (χ0) is 17.5. The van der Waals surface area contributed by atoms with Crippen LogP contribution in [-0.4, -0.2) is 34.2 Å². The van der Waals surface area contributed by atoms with Crippen LogP contribution in [-0.2, 0) is 17.7 Å². The number of methoxy groups -OCH3 is 1. The number of thioether (sulfide) groups is 1. The molecule has 0 fully saturated rings. The number of hydrogen-bond donors (Lipinski definition) is 0. The van der Waals surface area contributed by atoms with Crippen LogP contribution in [0.4, 0.5) is 0 Å². The third kappa shape index (κ3) is 4.84. The molecule has 4 nitrogen and oxygen atoms in total. The largest absolute Gasteiger partial charge is 0.383 e. The van der Waals surface area contributed by atoms with Crippen molar-refractivity contribution in [2.45, 2.75) is 18.1 Å². The van der Waals surface area contributed by atoms with E-state index in [1.54, 1.807) is 18.9 Å². The summed E-state index contributed by atoms with van der Waals surface area (Å²) in [6.45, 7) is 1.33. The molecule has 130 valence electrons. The van der Waals surface area contributed by atoms with Crippen LogP contribution in [0.2, 0.25) is 5.02 Å². The van der Waals surface area contributed by atoms with Crippen molar-refractivity contribution in [3.8, 4) is 11.4 Å². The first-order chi connectivity index (χ1) is 12.3. The van der Waals surface area contributed by atoms with Gasteiger partial charge in [0.05, 0.1) is 13.2 Å². The van der Waals surface area contributed by atoms with Crippen LogP contribution >= 0.6 is 23.4 Å². The maximum Gasteiger partial charge on any atom is 0.191 e. The molecule has 2 aromatic carbocycles. The molecule has 3 aromatic rings. The lowest BCUT2D eigenvalue weighted by atomic mass is 10.2. The highest BCUT2D eigenvalue weighted by Crippen LogP contribution is 2.25. The summed E-state index contributed by atoms with van der Waals surface area (Å²) in [6.07, 6.45) is 0.999. The van der Waals surface area contributed by atoms with Gasteiger partial charge in [0, 0.05) is 23.4 Å². The van der Waals surface area contributed by atoms with Gasteiger partial charge in [-0.15, -0.1) is 10.2 Å². The number of ether oxygens (including phenoxy) is 1. The van der Waals surface area contributed by atoms with E-state index in [4.69, 9.17) is 16.3 Å². The van der Waals surface area contributed by atoms with Crippen LogP contribution in [0.25, 0.3) is 11.4 Å². The minimum Gasteiger partial charge on any atom is -0.383 e. The zero-order valence-electron chi connectivity index (χ0n) is 14.1. The Bertz CT molecular complexity index is 790. The first-order valence-corrected chi connectivity index (χ1v) is 9.49. The van der Waals surface area contributed by atoms with E-state index in [1.807, 2.05) is 30.3 Å². The van der Waals surface area contributed by atoms with Gasteiger partial charge in [0.2, 0.25) is 0 Å². The van der Waals surface area contributed by atoms with E-state index in [0.29, 0.717) is 11.6 Å². The van der Waals surface area contributed by atoms with Crippen molar-refractivity contribution in [3.05, 3.63) is 65.2 Å². The summed E-state index contributed by atoms with van der Waals surface area (Å²) >= 11 is 7.71. The predicted molar refractivity (Wildman–Crippen MR) is 103 cm³/mol. The monoisotopic (exact) mass is 373 g/mol. The van der Waals surface area contributed by atoms with Gasteiger partial charge in [-0.05, 0) is 36.2 Å². The van der Waals surface area contributed by atoms with Crippen LogP contribution < -0.4 is 0 Å². The molecular weight excluding hydrogens is 354 g/mol. The predicted octanol–water partition coefficient (Wildman–Crippen LogP) is 4.58. The van der Waals surface area contributed by atoms with Gasteiger partial charge in [0.1, 0.15) is 0 Å². The highest BCUT2D eigenvalue weighted by molar-refractivity contribution is 7.99. The lowest BCUT2D eigenvalue weighted by molar-refractivity contribution is 0.185.